The molecular weight excluding hydrogens is 200 g/mol. The monoisotopic (exact) mass is 216 g/mol. The fourth-order valence-electron chi connectivity index (χ4n) is 1.51. The number of hydrogen-bond acceptors (Lipinski definition) is 3. The number of carbonyl (C=O) groups is 2. The number of nitrogens with zero attached hydrogens (tertiary/aromatic N) is 1. The Labute approximate surface area is 88.4 Å². The van der Waals surface area contributed by atoms with Gasteiger partial charge in [0.05, 0.1) is 6.54 Å². The first-order valence-corrected chi connectivity index (χ1v) is 6.09. The highest BCUT2D eigenvalue weighted by Gasteiger charge is 2.25. The summed E-state index contributed by atoms with van der Waals surface area (Å²) in [6.07, 6.45) is 2.43. The standard InChI is InChI=1S/C9H16N2O2S/c1-7-5-8(12)10-6-9(13)11(7)3-4-14-2/h7H,3-6H2,1-2H3,(H,10,12). The number of hydrogen-bond donors (Lipinski definition) is 1. The number of amides is 2. The summed E-state index contributed by atoms with van der Waals surface area (Å²) < 4.78 is 0. The Kier molecular flexibility index (Phi) is 4.25. The van der Waals surface area contributed by atoms with Gasteiger partial charge in [-0.25, -0.2) is 0 Å². The molecule has 1 fully saturated rings. The number of carbonyl (C=O) groups excluding carboxylic acids is 2. The van der Waals surface area contributed by atoms with E-state index in [9.17, 15) is 9.59 Å². The Morgan fingerprint density at radius 1 is 1.57 bits per heavy atom. The molecule has 0 aromatic rings. The SMILES string of the molecule is CSCCN1C(=O)CNC(=O)CC1C. The summed E-state index contributed by atoms with van der Waals surface area (Å²) >= 11 is 1.71. The maximum Gasteiger partial charge on any atom is 0.242 e. The lowest BCUT2D eigenvalue weighted by molar-refractivity contribution is -0.131. The van der Waals surface area contributed by atoms with Crippen molar-refractivity contribution in [1.29, 1.82) is 0 Å². The summed E-state index contributed by atoms with van der Waals surface area (Å²) in [6.45, 7) is 2.80. The van der Waals surface area contributed by atoms with Crippen molar-refractivity contribution < 1.29 is 9.59 Å². The van der Waals surface area contributed by atoms with Crippen molar-refractivity contribution in [2.75, 3.05) is 25.1 Å². The van der Waals surface area contributed by atoms with E-state index >= 15 is 0 Å². The number of thioether (sulfide) groups is 1. The van der Waals surface area contributed by atoms with Crippen LogP contribution in [0.4, 0.5) is 0 Å². The first kappa shape index (κ1) is 11.4. The van der Waals surface area contributed by atoms with Crippen LogP contribution < -0.4 is 5.32 Å². The largest absolute Gasteiger partial charge is 0.347 e. The van der Waals surface area contributed by atoms with E-state index in [1.54, 1.807) is 16.7 Å². The fourth-order valence-corrected chi connectivity index (χ4v) is 1.89. The van der Waals surface area contributed by atoms with Gasteiger partial charge in [0.15, 0.2) is 0 Å². The van der Waals surface area contributed by atoms with Crippen molar-refractivity contribution in [2.45, 2.75) is 19.4 Å². The van der Waals surface area contributed by atoms with Crippen LogP contribution >= 0.6 is 11.8 Å². The summed E-state index contributed by atoms with van der Waals surface area (Å²) in [5, 5.41) is 2.59. The van der Waals surface area contributed by atoms with Crippen LogP contribution in [-0.2, 0) is 9.59 Å². The van der Waals surface area contributed by atoms with Gasteiger partial charge in [-0.2, -0.15) is 11.8 Å². The van der Waals surface area contributed by atoms with Gasteiger partial charge in [0.1, 0.15) is 0 Å². The van der Waals surface area contributed by atoms with Gasteiger partial charge in [0, 0.05) is 24.8 Å². The summed E-state index contributed by atoms with van der Waals surface area (Å²) in [4.78, 5) is 24.5. The molecule has 0 aromatic carbocycles. The summed E-state index contributed by atoms with van der Waals surface area (Å²) in [7, 11) is 0. The second-order valence-corrected chi connectivity index (χ2v) is 4.40. The third-order valence-electron chi connectivity index (χ3n) is 2.31. The minimum atomic E-state index is -0.0301. The van der Waals surface area contributed by atoms with E-state index < -0.39 is 0 Å². The zero-order valence-electron chi connectivity index (χ0n) is 8.58. The Balaban J connectivity index is 2.59. The molecule has 14 heavy (non-hydrogen) atoms. The Morgan fingerprint density at radius 3 is 2.93 bits per heavy atom. The molecule has 1 N–H and O–H groups in total. The third kappa shape index (κ3) is 2.90. The van der Waals surface area contributed by atoms with Crippen molar-refractivity contribution in [3.63, 3.8) is 0 Å². The van der Waals surface area contributed by atoms with Gasteiger partial charge in [-0.15, -0.1) is 0 Å². The van der Waals surface area contributed by atoms with Crippen LogP contribution in [-0.4, -0.2) is 47.9 Å². The maximum absolute atomic E-state index is 11.6. The highest BCUT2D eigenvalue weighted by molar-refractivity contribution is 7.98. The molecule has 2 amide bonds. The lowest BCUT2D eigenvalue weighted by Crippen LogP contribution is -2.41. The van der Waals surface area contributed by atoms with Crippen LogP contribution in [0, 0.1) is 0 Å². The topological polar surface area (TPSA) is 49.4 Å². The normalized spacial score (nSPS) is 23.3. The van der Waals surface area contributed by atoms with Gasteiger partial charge in [-0.05, 0) is 13.2 Å². The van der Waals surface area contributed by atoms with Crippen LogP contribution in [0.3, 0.4) is 0 Å². The molecule has 1 aliphatic heterocycles. The molecule has 1 heterocycles. The van der Waals surface area contributed by atoms with Crippen LogP contribution in [0.1, 0.15) is 13.3 Å². The van der Waals surface area contributed by atoms with E-state index in [1.807, 2.05) is 13.2 Å². The molecule has 1 aliphatic rings. The van der Waals surface area contributed by atoms with Gasteiger partial charge < -0.3 is 10.2 Å². The van der Waals surface area contributed by atoms with Crippen molar-refractivity contribution in [2.24, 2.45) is 0 Å². The van der Waals surface area contributed by atoms with Gasteiger partial charge in [0.25, 0.3) is 0 Å². The molecule has 0 spiro atoms. The van der Waals surface area contributed by atoms with E-state index in [-0.39, 0.29) is 24.4 Å². The quantitative estimate of drug-likeness (QED) is 0.727. The Hall–Kier alpha value is -0.710. The minimum absolute atomic E-state index is 0.0251. The fraction of sp³-hybridized carbons (Fsp3) is 0.778. The minimum Gasteiger partial charge on any atom is -0.347 e. The predicted molar refractivity (Wildman–Crippen MR) is 57.2 cm³/mol. The molecule has 0 saturated carbocycles. The van der Waals surface area contributed by atoms with Gasteiger partial charge in [-0.1, -0.05) is 0 Å². The molecule has 0 aromatic heterocycles. The molecule has 1 rings (SSSR count). The summed E-state index contributed by atoms with van der Waals surface area (Å²) in [5.74, 6) is 0.916. The van der Waals surface area contributed by atoms with E-state index in [0.29, 0.717) is 6.42 Å². The molecule has 1 unspecified atom stereocenters. The molecule has 5 heteroatoms. The predicted octanol–water partition coefficient (Wildman–Crippen LogP) is 0.0864. The lowest BCUT2D eigenvalue weighted by atomic mass is 10.2. The number of nitrogens with one attached hydrogen (secondary N) is 1. The van der Waals surface area contributed by atoms with Gasteiger partial charge in [0.2, 0.25) is 11.8 Å². The van der Waals surface area contributed by atoms with Crippen molar-refractivity contribution in [3.05, 3.63) is 0 Å². The third-order valence-corrected chi connectivity index (χ3v) is 2.90. The summed E-state index contributed by atoms with van der Waals surface area (Å²) in [6, 6.07) is 0.0251. The van der Waals surface area contributed by atoms with Crippen molar-refractivity contribution in [3.8, 4) is 0 Å². The van der Waals surface area contributed by atoms with Crippen LogP contribution in [0.5, 0.6) is 0 Å². The molecule has 1 atom stereocenters. The molecular formula is C9H16N2O2S. The maximum atomic E-state index is 11.6. The zero-order valence-corrected chi connectivity index (χ0v) is 9.39. The highest BCUT2D eigenvalue weighted by atomic mass is 32.2. The second kappa shape index (κ2) is 5.24. The van der Waals surface area contributed by atoms with Crippen LogP contribution in [0.2, 0.25) is 0 Å². The number of rotatable bonds is 3. The first-order valence-electron chi connectivity index (χ1n) is 4.70. The smallest absolute Gasteiger partial charge is 0.242 e. The van der Waals surface area contributed by atoms with E-state index in [0.717, 1.165) is 12.3 Å². The summed E-state index contributed by atoms with van der Waals surface area (Å²) in [5.41, 5.74) is 0. The van der Waals surface area contributed by atoms with Gasteiger partial charge >= 0.3 is 0 Å². The van der Waals surface area contributed by atoms with Crippen molar-refractivity contribution >= 4 is 23.6 Å². The molecule has 0 bridgehead atoms. The molecule has 1 saturated heterocycles. The zero-order chi connectivity index (χ0) is 10.6. The van der Waals surface area contributed by atoms with E-state index in [1.165, 1.54) is 0 Å². The Morgan fingerprint density at radius 2 is 2.29 bits per heavy atom. The van der Waals surface area contributed by atoms with E-state index in [4.69, 9.17) is 0 Å². The average Bonchev–Trinajstić information content (AvgIpc) is 2.25. The Bertz CT molecular complexity index is 233. The highest BCUT2D eigenvalue weighted by Crippen LogP contribution is 2.08. The second-order valence-electron chi connectivity index (χ2n) is 3.41. The average molecular weight is 216 g/mol. The molecule has 0 radical (unpaired) electrons. The van der Waals surface area contributed by atoms with Gasteiger partial charge in [-0.3, -0.25) is 9.59 Å². The molecule has 80 valence electrons. The van der Waals surface area contributed by atoms with E-state index in [2.05, 4.69) is 5.32 Å². The van der Waals surface area contributed by atoms with Crippen LogP contribution in [0.15, 0.2) is 0 Å². The molecule has 4 nitrogen and oxygen atoms in total. The van der Waals surface area contributed by atoms with Crippen LogP contribution in [0.25, 0.3) is 0 Å². The first-order chi connectivity index (χ1) is 6.65. The molecule has 0 aliphatic carbocycles. The van der Waals surface area contributed by atoms with Crippen molar-refractivity contribution in [1.82, 2.24) is 10.2 Å². The lowest BCUT2D eigenvalue weighted by Gasteiger charge is -2.25.